The molecule has 0 amide bonds. The number of aromatic nitrogens is 1. The van der Waals surface area contributed by atoms with Gasteiger partial charge in [0, 0.05) is 18.8 Å². The molecule has 17 heavy (non-hydrogen) atoms. The summed E-state index contributed by atoms with van der Waals surface area (Å²) < 4.78 is 1.08. The number of nitrogens with zero attached hydrogens (tertiary/aromatic N) is 1. The van der Waals surface area contributed by atoms with Crippen LogP contribution in [-0.4, -0.2) is 17.6 Å². The van der Waals surface area contributed by atoms with Gasteiger partial charge in [0.2, 0.25) is 0 Å². The predicted molar refractivity (Wildman–Crippen MR) is 75.1 cm³/mol. The highest BCUT2D eigenvalue weighted by Gasteiger charge is 2.18. The monoisotopic (exact) mass is 297 g/mol. The van der Waals surface area contributed by atoms with Crippen LogP contribution < -0.4 is 11.1 Å². The van der Waals surface area contributed by atoms with E-state index >= 15 is 0 Å². The summed E-state index contributed by atoms with van der Waals surface area (Å²) in [6.45, 7) is 3.08. The topological polar surface area (TPSA) is 50.9 Å². The summed E-state index contributed by atoms with van der Waals surface area (Å²) in [7, 11) is 0. The van der Waals surface area contributed by atoms with Gasteiger partial charge < -0.3 is 11.1 Å². The minimum absolute atomic E-state index is 0.426. The van der Waals surface area contributed by atoms with Crippen molar-refractivity contribution in [1.82, 2.24) is 4.98 Å². The molecule has 0 atom stereocenters. The molecule has 0 aliphatic heterocycles. The largest absolute Gasteiger partial charge is 0.369 e. The van der Waals surface area contributed by atoms with Crippen molar-refractivity contribution in [2.24, 2.45) is 11.7 Å². The van der Waals surface area contributed by atoms with Gasteiger partial charge in [0.1, 0.15) is 5.82 Å². The van der Waals surface area contributed by atoms with Crippen molar-refractivity contribution in [3.05, 3.63) is 22.3 Å². The zero-order valence-electron chi connectivity index (χ0n) is 10.2. The van der Waals surface area contributed by atoms with E-state index in [1.54, 1.807) is 0 Å². The molecule has 0 spiro atoms. The average molecular weight is 298 g/mol. The highest BCUT2D eigenvalue weighted by molar-refractivity contribution is 9.10. The summed E-state index contributed by atoms with van der Waals surface area (Å²) in [5, 5.41) is 3.44. The Morgan fingerprint density at radius 3 is 2.82 bits per heavy atom. The number of halogens is 1. The van der Waals surface area contributed by atoms with Gasteiger partial charge in [-0.3, -0.25) is 0 Å². The third-order valence-electron chi connectivity index (χ3n) is 3.53. The average Bonchev–Trinajstić information content (AvgIpc) is 2.33. The Bertz CT molecular complexity index is 373. The Labute approximate surface area is 111 Å². The van der Waals surface area contributed by atoms with Crippen molar-refractivity contribution in [2.75, 3.05) is 11.9 Å². The molecule has 94 valence electrons. The molecule has 1 aromatic rings. The van der Waals surface area contributed by atoms with E-state index in [0.29, 0.717) is 6.04 Å². The maximum Gasteiger partial charge on any atom is 0.140 e. The van der Waals surface area contributed by atoms with Crippen molar-refractivity contribution < 1.29 is 0 Å². The van der Waals surface area contributed by atoms with E-state index in [1.165, 1.54) is 18.4 Å². The van der Waals surface area contributed by atoms with E-state index < -0.39 is 0 Å². The fraction of sp³-hybridized carbons (Fsp3) is 0.615. The summed E-state index contributed by atoms with van der Waals surface area (Å²) in [6, 6.07) is 2.43. The quantitative estimate of drug-likeness (QED) is 0.901. The SMILES string of the molecule is Cc1ccnc(NCC2CCC(N)CC2)c1Br. The molecule has 3 nitrogen and oxygen atoms in total. The van der Waals surface area contributed by atoms with E-state index in [0.717, 1.165) is 35.6 Å². The summed E-state index contributed by atoms with van der Waals surface area (Å²) >= 11 is 3.57. The maximum absolute atomic E-state index is 5.91. The van der Waals surface area contributed by atoms with Gasteiger partial charge in [0.05, 0.1) is 4.47 Å². The fourth-order valence-electron chi connectivity index (χ4n) is 2.30. The zero-order valence-corrected chi connectivity index (χ0v) is 11.8. The first-order chi connectivity index (χ1) is 8.16. The van der Waals surface area contributed by atoms with Crippen LogP contribution in [0.15, 0.2) is 16.7 Å². The minimum Gasteiger partial charge on any atom is -0.369 e. The molecule has 4 heteroatoms. The van der Waals surface area contributed by atoms with Crippen LogP contribution in [-0.2, 0) is 0 Å². The number of nitrogens with one attached hydrogen (secondary N) is 1. The second kappa shape index (κ2) is 5.83. The van der Waals surface area contributed by atoms with Gasteiger partial charge in [-0.2, -0.15) is 0 Å². The Hall–Kier alpha value is -0.610. The van der Waals surface area contributed by atoms with Crippen molar-refractivity contribution in [3.63, 3.8) is 0 Å². The first-order valence-corrected chi connectivity index (χ1v) is 7.06. The summed E-state index contributed by atoms with van der Waals surface area (Å²) in [5.74, 6) is 1.70. The van der Waals surface area contributed by atoms with Crippen LogP contribution in [0.1, 0.15) is 31.2 Å². The van der Waals surface area contributed by atoms with Gasteiger partial charge >= 0.3 is 0 Å². The van der Waals surface area contributed by atoms with Gasteiger partial charge in [-0.1, -0.05) is 0 Å². The van der Waals surface area contributed by atoms with E-state index in [-0.39, 0.29) is 0 Å². The lowest BCUT2D eigenvalue weighted by Gasteiger charge is -2.26. The van der Waals surface area contributed by atoms with Crippen LogP contribution in [0.5, 0.6) is 0 Å². The standard InChI is InChI=1S/C13H20BrN3/c1-9-6-7-16-13(12(9)14)17-8-10-2-4-11(15)5-3-10/h6-7,10-11H,2-5,8,15H2,1H3,(H,16,17). The molecule has 3 N–H and O–H groups in total. The molecule has 0 bridgehead atoms. The van der Waals surface area contributed by atoms with E-state index in [4.69, 9.17) is 5.73 Å². The molecular formula is C13H20BrN3. The number of rotatable bonds is 3. The number of pyridine rings is 1. The Balaban J connectivity index is 1.87. The molecule has 1 aliphatic rings. The third kappa shape index (κ3) is 3.42. The molecule has 1 aromatic heterocycles. The van der Waals surface area contributed by atoms with Crippen LogP contribution in [0, 0.1) is 12.8 Å². The fourth-order valence-corrected chi connectivity index (χ4v) is 2.67. The molecule has 1 fully saturated rings. The van der Waals surface area contributed by atoms with Gasteiger partial charge in [-0.05, 0) is 66.1 Å². The number of anilines is 1. The first-order valence-electron chi connectivity index (χ1n) is 6.27. The molecule has 0 aromatic carbocycles. The van der Waals surface area contributed by atoms with Gasteiger partial charge in [0.25, 0.3) is 0 Å². The molecule has 1 heterocycles. The highest BCUT2D eigenvalue weighted by Crippen LogP contribution is 2.26. The van der Waals surface area contributed by atoms with Crippen molar-refractivity contribution in [2.45, 2.75) is 38.6 Å². The first kappa shape index (κ1) is 12.8. The van der Waals surface area contributed by atoms with Crippen LogP contribution in [0.2, 0.25) is 0 Å². The molecule has 0 saturated heterocycles. The molecule has 0 radical (unpaired) electrons. The lowest BCUT2D eigenvalue weighted by molar-refractivity contribution is 0.338. The maximum atomic E-state index is 5.91. The summed E-state index contributed by atoms with van der Waals surface area (Å²) in [6.07, 6.45) is 6.64. The van der Waals surface area contributed by atoms with Crippen LogP contribution in [0.4, 0.5) is 5.82 Å². The molecule has 0 unspecified atom stereocenters. The lowest BCUT2D eigenvalue weighted by atomic mass is 9.86. The minimum atomic E-state index is 0.426. The van der Waals surface area contributed by atoms with E-state index in [9.17, 15) is 0 Å². The Kier molecular flexibility index (Phi) is 4.40. The van der Waals surface area contributed by atoms with Crippen molar-refractivity contribution in [3.8, 4) is 0 Å². The Morgan fingerprint density at radius 2 is 2.12 bits per heavy atom. The third-order valence-corrected chi connectivity index (χ3v) is 4.53. The van der Waals surface area contributed by atoms with Crippen LogP contribution in [0.25, 0.3) is 0 Å². The highest BCUT2D eigenvalue weighted by atomic mass is 79.9. The summed E-state index contributed by atoms with van der Waals surface area (Å²) in [5.41, 5.74) is 7.12. The predicted octanol–water partition coefficient (Wildman–Crippen LogP) is 3.08. The summed E-state index contributed by atoms with van der Waals surface area (Å²) in [4.78, 5) is 4.36. The van der Waals surface area contributed by atoms with Crippen LogP contribution >= 0.6 is 15.9 Å². The van der Waals surface area contributed by atoms with Crippen molar-refractivity contribution >= 4 is 21.7 Å². The number of hydrogen-bond acceptors (Lipinski definition) is 3. The van der Waals surface area contributed by atoms with E-state index in [2.05, 4.69) is 33.2 Å². The van der Waals surface area contributed by atoms with Crippen LogP contribution in [0.3, 0.4) is 0 Å². The molecule has 1 saturated carbocycles. The zero-order chi connectivity index (χ0) is 12.3. The van der Waals surface area contributed by atoms with Gasteiger partial charge in [-0.15, -0.1) is 0 Å². The lowest BCUT2D eigenvalue weighted by Crippen LogP contribution is -2.29. The Morgan fingerprint density at radius 1 is 1.41 bits per heavy atom. The van der Waals surface area contributed by atoms with Gasteiger partial charge in [0.15, 0.2) is 0 Å². The number of nitrogens with two attached hydrogens (primary N) is 1. The van der Waals surface area contributed by atoms with E-state index in [1.807, 2.05) is 12.3 Å². The second-order valence-electron chi connectivity index (χ2n) is 4.95. The normalized spacial score (nSPS) is 24.6. The molecule has 1 aliphatic carbocycles. The van der Waals surface area contributed by atoms with Gasteiger partial charge in [-0.25, -0.2) is 4.98 Å². The molecular weight excluding hydrogens is 278 g/mol. The second-order valence-corrected chi connectivity index (χ2v) is 5.75. The molecule has 2 rings (SSSR count). The van der Waals surface area contributed by atoms with Crippen molar-refractivity contribution in [1.29, 1.82) is 0 Å². The number of hydrogen-bond donors (Lipinski definition) is 2. The smallest absolute Gasteiger partial charge is 0.140 e. The number of aryl methyl sites for hydroxylation is 1.